The Morgan fingerprint density at radius 2 is 2.50 bits per heavy atom. The van der Waals surface area contributed by atoms with Crippen LogP contribution in [0, 0.1) is 5.92 Å². The number of thioether (sulfide) groups is 1. The molecule has 1 aliphatic rings. The normalized spacial score (nSPS) is 16.9. The van der Waals surface area contributed by atoms with E-state index in [0.29, 0.717) is 0 Å². The van der Waals surface area contributed by atoms with Crippen molar-refractivity contribution in [3.05, 3.63) is 12.2 Å². The molecule has 2 heterocycles. The van der Waals surface area contributed by atoms with Crippen LogP contribution < -0.4 is 5.32 Å². The van der Waals surface area contributed by atoms with Gasteiger partial charge in [0.05, 0.1) is 5.75 Å². The Kier molecular flexibility index (Phi) is 3.42. The molecule has 78 valence electrons. The highest BCUT2D eigenvalue weighted by Gasteiger charge is 2.16. The second-order valence-corrected chi connectivity index (χ2v) is 4.56. The maximum absolute atomic E-state index is 4.24. The number of hydrogen-bond donors (Lipinski definition) is 1. The third kappa shape index (κ3) is 2.27. The number of aryl methyl sites for hydroxylation is 1. The molecule has 1 aliphatic heterocycles. The lowest BCUT2D eigenvalue weighted by molar-refractivity contribution is 0.385. The van der Waals surface area contributed by atoms with Crippen molar-refractivity contribution in [2.75, 3.05) is 18.8 Å². The van der Waals surface area contributed by atoms with E-state index in [1.54, 1.807) is 6.33 Å². The fraction of sp³-hybridized carbons (Fsp3) is 0.778. The first-order chi connectivity index (χ1) is 6.90. The summed E-state index contributed by atoms with van der Waals surface area (Å²) in [5.41, 5.74) is 0. The molecule has 0 amide bonds. The van der Waals surface area contributed by atoms with Gasteiger partial charge in [-0.05, 0) is 31.7 Å². The van der Waals surface area contributed by atoms with Crippen LogP contribution in [0.15, 0.2) is 6.33 Å². The van der Waals surface area contributed by atoms with Crippen molar-refractivity contribution in [3.63, 3.8) is 0 Å². The molecule has 0 bridgehead atoms. The van der Waals surface area contributed by atoms with Crippen molar-refractivity contribution >= 4 is 11.8 Å². The quantitative estimate of drug-likeness (QED) is 0.782. The summed E-state index contributed by atoms with van der Waals surface area (Å²) in [5, 5.41) is 7.43. The monoisotopic (exact) mass is 212 g/mol. The van der Waals surface area contributed by atoms with Gasteiger partial charge in [0, 0.05) is 6.54 Å². The molecule has 1 fully saturated rings. The van der Waals surface area contributed by atoms with Crippen LogP contribution in [-0.4, -0.2) is 33.6 Å². The van der Waals surface area contributed by atoms with Crippen LogP contribution in [0.4, 0.5) is 0 Å². The molecule has 0 spiro atoms. The lowest BCUT2D eigenvalue weighted by Gasteiger charge is -2.26. The molecule has 1 saturated heterocycles. The predicted octanol–water partition coefficient (Wildman–Crippen LogP) is 0.751. The molecule has 0 atom stereocenters. The van der Waals surface area contributed by atoms with Gasteiger partial charge in [0.25, 0.3) is 0 Å². The number of nitrogens with one attached hydrogen (secondary N) is 1. The Hall–Kier alpha value is -0.550. The van der Waals surface area contributed by atoms with Crippen LogP contribution in [0.2, 0.25) is 0 Å². The summed E-state index contributed by atoms with van der Waals surface area (Å²) in [6, 6.07) is 0. The van der Waals surface area contributed by atoms with Crippen molar-refractivity contribution in [3.8, 4) is 0 Å². The minimum Gasteiger partial charge on any atom is -0.316 e. The molecule has 0 unspecified atom stereocenters. The highest BCUT2D eigenvalue weighted by atomic mass is 32.2. The lowest BCUT2D eigenvalue weighted by Crippen LogP contribution is -2.43. The number of nitrogens with zero attached hydrogens (tertiary/aromatic N) is 3. The van der Waals surface area contributed by atoms with Gasteiger partial charge in [-0.1, -0.05) is 0 Å². The fourth-order valence-corrected chi connectivity index (χ4v) is 2.54. The van der Waals surface area contributed by atoms with Crippen LogP contribution in [0.1, 0.15) is 12.7 Å². The van der Waals surface area contributed by atoms with Crippen LogP contribution in [0.25, 0.3) is 0 Å². The summed E-state index contributed by atoms with van der Waals surface area (Å²) in [5.74, 6) is 4.20. The molecule has 0 aliphatic carbocycles. The van der Waals surface area contributed by atoms with Gasteiger partial charge in [-0.2, -0.15) is 16.9 Å². The van der Waals surface area contributed by atoms with Gasteiger partial charge in [0.2, 0.25) is 0 Å². The smallest absolute Gasteiger partial charge is 0.138 e. The average Bonchev–Trinajstić information content (AvgIpc) is 2.56. The van der Waals surface area contributed by atoms with Gasteiger partial charge in [-0.3, -0.25) is 0 Å². The lowest BCUT2D eigenvalue weighted by atomic mass is 10.1. The summed E-state index contributed by atoms with van der Waals surface area (Å²) in [4.78, 5) is 4.24. The predicted molar refractivity (Wildman–Crippen MR) is 58.2 cm³/mol. The zero-order valence-corrected chi connectivity index (χ0v) is 9.26. The Morgan fingerprint density at radius 3 is 3.14 bits per heavy atom. The van der Waals surface area contributed by atoms with E-state index in [-0.39, 0.29) is 0 Å². The Morgan fingerprint density at radius 1 is 1.64 bits per heavy atom. The van der Waals surface area contributed by atoms with Crippen molar-refractivity contribution in [1.82, 2.24) is 20.1 Å². The third-order valence-electron chi connectivity index (χ3n) is 2.45. The molecule has 0 radical (unpaired) electrons. The molecule has 0 saturated carbocycles. The van der Waals surface area contributed by atoms with Crippen molar-refractivity contribution in [2.24, 2.45) is 5.92 Å². The average molecular weight is 212 g/mol. The van der Waals surface area contributed by atoms with Crippen LogP contribution >= 0.6 is 11.8 Å². The molecule has 1 N–H and O–H groups in total. The van der Waals surface area contributed by atoms with E-state index in [0.717, 1.165) is 24.0 Å². The third-order valence-corrected chi connectivity index (χ3v) is 3.62. The zero-order valence-electron chi connectivity index (χ0n) is 8.44. The van der Waals surface area contributed by atoms with E-state index in [1.807, 2.05) is 16.4 Å². The van der Waals surface area contributed by atoms with Gasteiger partial charge < -0.3 is 5.32 Å². The van der Waals surface area contributed by atoms with Crippen LogP contribution in [0.3, 0.4) is 0 Å². The topological polar surface area (TPSA) is 42.7 Å². The summed E-state index contributed by atoms with van der Waals surface area (Å²) >= 11 is 1.96. The minimum atomic E-state index is 0.873. The maximum atomic E-state index is 4.24. The first-order valence-corrected chi connectivity index (χ1v) is 6.20. The largest absolute Gasteiger partial charge is 0.316 e. The van der Waals surface area contributed by atoms with E-state index in [2.05, 4.69) is 22.3 Å². The molecular formula is C9H16N4S. The van der Waals surface area contributed by atoms with Crippen molar-refractivity contribution in [2.45, 2.75) is 19.2 Å². The Balaban J connectivity index is 1.73. The van der Waals surface area contributed by atoms with Gasteiger partial charge >= 0.3 is 0 Å². The van der Waals surface area contributed by atoms with Crippen LogP contribution in [-0.2, 0) is 12.3 Å². The molecule has 5 heteroatoms. The fourth-order valence-electron chi connectivity index (χ4n) is 1.45. The van der Waals surface area contributed by atoms with E-state index in [1.165, 1.54) is 18.8 Å². The van der Waals surface area contributed by atoms with E-state index in [9.17, 15) is 0 Å². The van der Waals surface area contributed by atoms with Gasteiger partial charge in [-0.15, -0.1) is 0 Å². The summed E-state index contributed by atoms with van der Waals surface area (Å²) in [7, 11) is 0. The second kappa shape index (κ2) is 4.79. The first kappa shape index (κ1) is 9.98. The molecule has 0 aromatic carbocycles. The number of aromatic nitrogens is 3. The van der Waals surface area contributed by atoms with Gasteiger partial charge in [-0.25, -0.2) is 9.67 Å². The molecular weight excluding hydrogens is 196 g/mol. The van der Waals surface area contributed by atoms with Crippen molar-refractivity contribution in [1.29, 1.82) is 0 Å². The van der Waals surface area contributed by atoms with E-state index < -0.39 is 0 Å². The summed E-state index contributed by atoms with van der Waals surface area (Å²) in [6.45, 7) is 5.39. The highest BCUT2D eigenvalue weighted by Crippen LogP contribution is 2.16. The van der Waals surface area contributed by atoms with E-state index >= 15 is 0 Å². The van der Waals surface area contributed by atoms with Gasteiger partial charge in [0.1, 0.15) is 12.2 Å². The summed E-state index contributed by atoms with van der Waals surface area (Å²) in [6.07, 6.45) is 1.64. The standard InChI is InChI=1S/C9H16N4S/c1-2-13-9(11-7-12-13)6-14-5-8-3-10-4-8/h7-8,10H,2-6H2,1H3. The molecule has 2 rings (SSSR count). The highest BCUT2D eigenvalue weighted by molar-refractivity contribution is 7.98. The summed E-state index contributed by atoms with van der Waals surface area (Å²) < 4.78 is 1.96. The number of rotatable bonds is 5. The number of hydrogen-bond acceptors (Lipinski definition) is 4. The molecule has 1 aromatic rings. The molecule has 14 heavy (non-hydrogen) atoms. The second-order valence-electron chi connectivity index (χ2n) is 3.53. The maximum Gasteiger partial charge on any atom is 0.138 e. The Bertz CT molecular complexity index is 282. The minimum absolute atomic E-state index is 0.873. The van der Waals surface area contributed by atoms with Crippen molar-refractivity contribution < 1.29 is 0 Å². The Labute approximate surface area is 88.5 Å². The molecule has 4 nitrogen and oxygen atoms in total. The van der Waals surface area contributed by atoms with Gasteiger partial charge in [0.15, 0.2) is 0 Å². The first-order valence-electron chi connectivity index (χ1n) is 5.05. The SMILES string of the molecule is CCn1ncnc1CSCC1CNC1. The zero-order chi connectivity index (χ0) is 9.80. The van der Waals surface area contributed by atoms with E-state index in [4.69, 9.17) is 0 Å². The molecule has 1 aromatic heterocycles. The van der Waals surface area contributed by atoms with Crippen LogP contribution in [0.5, 0.6) is 0 Å².